The van der Waals surface area contributed by atoms with Crippen LogP contribution in [0.2, 0.25) is 0 Å². The lowest BCUT2D eigenvalue weighted by atomic mass is 10.0. The van der Waals surface area contributed by atoms with Gasteiger partial charge in [0.25, 0.3) is 10.0 Å². The third-order valence-electron chi connectivity index (χ3n) is 5.33. The van der Waals surface area contributed by atoms with Gasteiger partial charge in [-0.2, -0.15) is 0 Å². The number of anilines is 1. The first-order valence-electron chi connectivity index (χ1n) is 10.4. The van der Waals surface area contributed by atoms with E-state index in [1.54, 1.807) is 53.4 Å². The zero-order valence-corrected chi connectivity index (χ0v) is 18.7. The van der Waals surface area contributed by atoms with Crippen LogP contribution in [-0.2, 0) is 14.8 Å². The Morgan fingerprint density at radius 3 is 2.40 bits per heavy atom. The Kier molecular flexibility index (Phi) is 7.02. The lowest BCUT2D eigenvalue weighted by Gasteiger charge is -2.33. The second kappa shape index (κ2) is 9.51. The number of hydrogen-bond donors (Lipinski definition) is 0. The molecule has 162 valence electrons. The second-order valence-electron chi connectivity index (χ2n) is 7.84. The zero-order chi connectivity index (χ0) is 21.7. The van der Waals surface area contributed by atoms with E-state index < -0.39 is 10.0 Å². The van der Waals surface area contributed by atoms with Crippen LogP contribution in [-0.4, -0.2) is 45.5 Å². The predicted octanol–water partition coefficient (Wildman–Crippen LogP) is 3.85. The summed E-state index contributed by atoms with van der Waals surface area (Å²) in [4.78, 5) is 15.0. The summed E-state index contributed by atoms with van der Waals surface area (Å²) in [6.45, 7) is 7.55. The number of likely N-dealkylation sites (tertiary alicyclic amines) is 1. The number of piperidine rings is 1. The van der Waals surface area contributed by atoms with Crippen LogP contribution in [0.3, 0.4) is 0 Å². The molecule has 1 fully saturated rings. The molecule has 1 amide bonds. The molecule has 0 radical (unpaired) electrons. The van der Waals surface area contributed by atoms with Crippen LogP contribution in [0.15, 0.2) is 53.4 Å². The third-order valence-corrected chi connectivity index (χ3v) is 7.12. The highest BCUT2D eigenvalue weighted by molar-refractivity contribution is 7.92. The van der Waals surface area contributed by atoms with Crippen LogP contribution >= 0.6 is 0 Å². The molecular weight excluding hydrogens is 400 g/mol. The molecule has 1 atom stereocenters. The fourth-order valence-electron chi connectivity index (χ4n) is 3.67. The van der Waals surface area contributed by atoms with Crippen molar-refractivity contribution in [2.75, 3.05) is 30.5 Å². The van der Waals surface area contributed by atoms with Gasteiger partial charge in [0.15, 0.2) is 0 Å². The van der Waals surface area contributed by atoms with E-state index in [1.165, 1.54) is 4.31 Å². The fraction of sp³-hybridized carbons (Fsp3) is 0.435. The molecule has 0 aliphatic carbocycles. The Labute approximate surface area is 179 Å². The Hall–Kier alpha value is -2.54. The van der Waals surface area contributed by atoms with Crippen LogP contribution in [0, 0.1) is 12.8 Å². The average molecular weight is 431 g/mol. The van der Waals surface area contributed by atoms with Gasteiger partial charge in [-0.3, -0.25) is 9.10 Å². The van der Waals surface area contributed by atoms with Crippen molar-refractivity contribution in [3.8, 4) is 5.75 Å². The van der Waals surface area contributed by atoms with Gasteiger partial charge in [0.05, 0.1) is 17.2 Å². The summed E-state index contributed by atoms with van der Waals surface area (Å²) in [6, 6.07) is 13.5. The largest absolute Gasteiger partial charge is 0.494 e. The number of carbonyl (C=O) groups is 1. The minimum absolute atomic E-state index is 0.168. The number of aryl methyl sites for hydroxylation is 1. The molecule has 0 aromatic heterocycles. The lowest BCUT2D eigenvalue weighted by Crippen LogP contribution is -2.46. The highest BCUT2D eigenvalue weighted by Gasteiger charge is 2.30. The van der Waals surface area contributed by atoms with Crippen molar-refractivity contribution in [1.29, 1.82) is 0 Å². The number of amides is 1. The molecule has 30 heavy (non-hydrogen) atoms. The lowest BCUT2D eigenvalue weighted by molar-refractivity contribution is -0.131. The summed E-state index contributed by atoms with van der Waals surface area (Å²) in [6.07, 6.45) is 2.04. The van der Waals surface area contributed by atoms with E-state index in [4.69, 9.17) is 4.74 Å². The molecule has 0 N–H and O–H groups in total. The van der Waals surface area contributed by atoms with Gasteiger partial charge in [-0.05, 0) is 69.0 Å². The van der Waals surface area contributed by atoms with E-state index >= 15 is 0 Å². The number of hydrogen-bond acceptors (Lipinski definition) is 4. The summed E-state index contributed by atoms with van der Waals surface area (Å²) in [7, 11) is -3.90. The summed E-state index contributed by atoms with van der Waals surface area (Å²) in [5.41, 5.74) is 1.41. The molecule has 6 nitrogen and oxygen atoms in total. The van der Waals surface area contributed by atoms with Gasteiger partial charge in [0.2, 0.25) is 5.91 Å². The first-order chi connectivity index (χ1) is 14.3. The number of rotatable bonds is 7. The Balaban J connectivity index is 1.93. The molecule has 0 bridgehead atoms. The molecule has 0 unspecified atom stereocenters. The zero-order valence-electron chi connectivity index (χ0n) is 17.9. The molecule has 1 aliphatic heterocycles. The molecule has 2 aromatic carbocycles. The Bertz CT molecular complexity index is 956. The smallest absolute Gasteiger partial charge is 0.264 e. The highest BCUT2D eigenvalue weighted by atomic mass is 32.2. The van der Waals surface area contributed by atoms with E-state index in [0.29, 0.717) is 37.1 Å². The number of sulfonamides is 1. The summed E-state index contributed by atoms with van der Waals surface area (Å²) >= 11 is 0. The maximum absolute atomic E-state index is 13.5. The minimum Gasteiger partial charge on any atom is -0.494 e. The normalized spacial score (nSPS) is 16.9. The van der Waals surface area contributed by atoms with Crippen LogP contribution in [0.4, 0.5) is 5.69 Å². The van der Waals surface area contributed by atoms with E-state index in [-0.39, 0.29) is 17.3 Å². The second-order valence-corrected chi connectivity index (χ2v) is 9.70. The van der Waals surface area contributed by atoms with Crippen molar-refractivity contribution >= 4 is 21.6 Å². The van der Waals surface area contributed by atoms with Gasteiger partial charge in [-0.25, -0.2) is 8.42 Å². The maximum atomic E-state index is 13.5. The van der Waals surface area contributed by atoms with E-state index in [1.807, 2.05) is 13.8 Å². The minimum atomic E-state index is -3.90. The molecule has 0 saturated carbocycles. The molecular formula is C23H30N2O4S. The Morgan fingerprint density at radius 1 is 1.13 bits per heavy atom. The van der Waals surface area contributed by atoms with Crippen molar-refractivity contribution in [1.82, 2.24) is 4.90 Å². The number of nitrogens with zero attached hydrogens (tertiary/aromatic N) is 2. The number of carbonyl (C=O) groups excluding carboxylic acids is 1. The van der Waals surface area contributed by atoms with Gasteiger partial charge in [-0.15, -0.1) is 0 Å². The Morgan fingerprint density at radius 2 is 1.80 bits per heavy atom. The standard InChI is InChI=1S/C23H30N2O4S/c1-4-29-21-11-9-20(10-12-21)25(17-23(26)24-15-5-6-19(3)16-24)30(27,28)22-13-7-18(2)8-14-22/h7-14,19H,4-6,15-17H2,1-3H3/t19-/m0/s1. The third kappa shape index (κ3) is 5.14. The monoisotopic (exact) mass is 430 g/mol. The molecule has 7 heteroatoms. The maximum Gasteiger partial charge on any atom is 0.264 e. The summed E-state index contributed by atoms with van der Waals surface area (Å²) in [5, 5.41) is 0. The topological polar surface area (TPSA) is 66.9 Å². The molecule has 1 saturated heterocycles. The molecule has 1 aliphatic rings. The van der Waals surface area contributed by atoms with Gasteiger partial charge >= 0.3 is 0 Å². The van der Waals surface area contributed by atoms with Gasteiger partial charge in [-0.1, -0.05) is 24.6 Å². The number of ether oxygens (including phenoxy) is 1. The van der Waals surface area contributed by atoms with E-state index in [2.05, 4.69) is 6.92 Å². The molecule has 3 rings (SSSR count). The van der Waals surface area contributed by atoms with Crippen LogP contribution in [0.1, 0.15) is 32.3 Å². The summed E-state index contributed by atoms with van der Waals surface area (Å²) < 4.78 is 33.6. The molecule has 0 spiro atoms. The molecule has 2 aromatic rings. The van der Waals surface area contributed by atoms with E-state index in [0.717, 1.165) is 18.4 Å². The first-order valence-corrected chi connectivity index (χ1v) is 11.9. The average Bonchev–Trinajstić information content (AvgIpc) is 2.73. The van der Waals surface area contributed by atoms with Crippen molar-refractivity contribution in [2.24, 2.45) is 5.92 Å². The molecule has 1 heterocycles. The van der Waals surface area contributed by atoms with Crippen molar-refractivity contribution in [3.63, 3.8) is 0 Å². The van der Waals surface area contributed by atoms with Gasteiger partial charge in [0, 0.05) is 13.1 Å². The van der Waals surface area contributed by atoms with Gasteiger partial charge < -0.3 is 9.64 Å². The van der Waals surface area contributed by atoms with Crippen molar-refractivity contribution in [3.05, 3.63) is 54.1 Å². The highest BCUT2D eigenvalue weighted by Crippen LogP contribution is 2.27. The van der Waals surface area contributed by atoms with Crippen LogP contribution < -0.4 is 9.04 Å². The van der Waals surface area contributed by atoms with Gasteiger partial charge in [0.1, 0.15) is 12.3 Å². The SMILES string of the molecule is CCOc1ccc(N(CC(=O)N2CCC[C@H](C)C2)S(=O)(=O)c2ccc(C)cc2)cc1. The van der Waals surface area contributed by atoms with Crippen LogP contribution in [0.5, 0.6) is 5.75 Å². The fourth-order valence-corrected chi connectivity index (χ4v) is 5.08. The van der Waals surface area contributed by atoms with Crippen molar-refractivity contribution < 1.29 is 17.9 Å². The first kappa shape index (κ1) is 22.2. The predicted molar refractivity (Wildman–Crippen MR) is 118 cm³/mol. The van der Waals surface area contributed by atoms with Crippen molar-refractivity contribution in [2.45, 2.75) is 38.5 Å². The summed E-state index contributed by atoms with van der Waals surface area (Å²) in [5.74, 6) is 0.909. The number of benzene rings is 2. The quantitative estimate of drug-likeness (QED) is 0.669. The van der Waals surface area contributed by atoms with Crippen LogP contribution in [0.25, 0.3) is 0 Å². The van der Waals surface area contributed by atoms with E-state index in [9.17, 15) is 13.2 Å².